The number of ether oxygens (including phenoxy) is 1. The number of aromatic nitrogens is 2. The summed E-state index contributed by atoms with van der Waals surface area (Å²) in [6, 6.07) is 1.02. The van der Waals surface area contributed by atoms with E-state index in [1.807, 2.05) is 0 Å². The van der Waals surface area contributed by atoms with Crippen molar-refractivity contribution in [2.24, 2.45) is 0 Å². The third kappa shape index (κ3) is 4.49. The van der Waals surface area contributed by atoms with Crippen molar-refractivity contribution in [2.75, 3.05) is 20.2 Å². The quantitative estimate of drug-likeness (QED) is 0.773. The van der Waals surface area contributed by atoms with Crippen LogP contribution in [0.2, 0.25) is 0 Å². The molecule has 114 valence electrons. The highest BCUT2D eigenvalue weighted by atomic mass is 32.2. The molecule has 0 bridgehead atoms. The predicted octanol–water partition coefficient (Wildman–Crippen LogP) is 0.526. The zero-order valence-corrected chi connectivity index (χ0v) is 11.2. The van der Waals surface area contributed by atoms with Gasteiger partial charge in [0.25, 0.3) is 10.0 Å². The number of carbonyl (C=O) groups excluding carboxylic acids is 1. The zero-order chi connectivity index (χ0) is 15.4. The molecule has 0 aliphatic heterocycles. The number of nitrogens with zero attached hydrogens (tertiary/aromatic N) is 2. The van der Waals surface area contributed by atoms with E-state index >= 15 is 0 Å². The van der Waals surface area contributed by atoms with Crippen LogP contribution in [0.15, 0.2) is 17.3 Å². The number of hydrogen-bond acceptors (Lipinski definition) is 5. The first-order valence-corrected chi connectivity index (χ1v) is 6.74. The maximum Gasteiger partial charge on any atom is 0.402 e. The Balaban J connectivity index is 2.95. The minimum absolute atomic E-state index is 0.150. The van der Waals surface area contributed by atoms with Crippen LogP contribution in [0.4, 0.5) is 13.2 Å². The third-order valence-corrected chi connectivity index (χ3v) is 4.02. The lowest BCUT2D eigenvalue weighted by Gasteiger charge is -2.22. The summed E-state index contributed by atoms with van der Waals surface area (Å²) in [5, 5.41) is 4.98. The van der Waals surface area contributed by atoms with Crippen LogP contribution in [0.5, 0.6) is 0 Å². The monoisotopic (exact) mass is 315 g/mol. The molecule has 0 fully saturated rings. The van der Waals surface area contributed by atoms with Crippen LogP contribution >= 0.6 is 0 Å². The molecular formula is C9H12F3N3O4S. The summed E-state index contributed by atoms with van der Waals surface area (Å²) in [4.78, 5) is 11.0. The maximum atomic E-state index is 12.4. The van der Waals surface area contributed by atoms with Crippen molar-refractivity contribution in [1.82, 2.24) is 14.5 Å². The van der Waals surface area contributed by atoms with E-state index < -0.39 is 46.7 Å². The number of hydrogen-bond donors (Lipinski definition) is 1. The van der Waals surface area contributed by atoms with Crippen LogP contribution in [0.3, 0.4) is 0 Å². The molecule has 11 heteroatoms. The van der Waals surface area contributed by atoms with E-state index in [0.29, 0.717) is 0 Å². The molecular weight excluding hydrogens is 303 g/mol. The van der Waals surface area contributed by atoms with Gasteiger partial charge in [-0.05, 0) is 6.07 Å². The Bertz CT molecular complexity index is 541. The number of rotatable bonds is 6. The smallest absolute Gasteiger partial charge is 0.402 e. The summed E-state index contributed by atoms with van der Waals surface area (Å²) in [6.07, 6.45) is -4.12. The molecule has 0 spiro atoms. The molecule has 0 aliphatic rings. The van der Waals surface area contributed by atoms with Crippen LogP contribution in [0, 0.1) is 0 Å². The van der Waals surface area contributed by atoms with E-state index in [0.717, 1.165) is 19.4 Å². The van der Waals surface area contributed by atoms with Crippen molar-refractivity contribution in [3.05, 3.63) is 12.3 Å². The van der Waals surface area contributed by atoms with Crippen molar-refractivity contribution in [3.63, 3.8) is 0 Å². The van der Waals surface area contributed by atoms with Crippen LogP contribution in [-0.2, 0) is 19.6 Å². The molecule has 20 heavy (non-hydrogen) atoms. The Morgan fingerprint density at radius 3 is 2.60 bits per heavy atom. The molecule has 0 unspecified atom stereocenters. The van der Waals surface area contributed by atoms with Crippen molar-refractivity contribution < 1.29 is 31.1 Å². The second kappa shape index (κ2) is 6.22. The highest BCUT2D eigenvalue weighted by Gasteiger charge is 2.37. The number of carbonyl (C=O) groups is 1. The molecule has 1 heterocycles. The van der Waals surface area contributed by atoms with Gasteiger partial charge in [-0.2, -0.15) is 22.6 Å². The van der Waals surface area contributed by atoms with Crippen molar-refractivity contribution in [2.45, 2.75) is 17.6 Å². The van der Waals surface area contributed by atoms with E-state index in [9.17, 15) is 26.4 Å². The second-order valence-corrected chi connectivity index (χ2v) is 5.61. The summed E-state index contributed by atoms with van der Waals surface area (Å²) in [6.45, 7) is -2.35. The van der Waals surface area contributed by atoms with Gasteiger partial charge in [0.05, 0.1) is 19.7 Å². The standard InChI is InChI=1S/C9H12F3N3O4S/c1-19-8(16)3-5-15(6-9(10,11)12)20(17,18)7-2-4-13-14-7/h2,4H,3,5-6H2,1H3,(H,13,14). The van der Waals surface area contributed by atoms with Crippen molar-refractivity contribution >= 4 is 16.0 Å². The van der Waals surface area contributed by atoms with Crippen LogP contribution in [0.1, 0.15) is 6.42 Å². The highest BCUT2D eigenvalue weighted by Crippen LogP contribution is 2.21. The number of nitrogens with one attached hydrogen (secondary N) is 1. The Morgan fingerprint density at radius 2 is 2.15 bits per heavy atom. The molecule has 1 aromatic heterocycles. The SMILES string of the molecule is COC(=O)CCN(CC(F)(F)F)S(=O)(=O)c1ccn[nH]1. The molecule has 0 atom stereocenters. The number of sulfonamides is 1. The number of alkyl halides is 3. The van der Waals surface area contributed by atoms with E-state index in [4.69, 9.17) is 0 Å². The van der Waals surface area contributed by atoms with Gasteiger partial charge in [-0.15, -0.1) is 0 Å². The Kier molecular flexibility index (Phi) is 5.11. The zero-order valence-electron chi connectivity index (χ0n) is 10.3. The van der Waals surface area contributed by atoms with Crippen LogP contribution in [-0.4, -0.2) is 55.3 Å². The van der Waals surface area contributed by atoms with Gasteiger partial charge in [0, 0.05) is 6.54 Å². The molecule has 1 aromatic rings. The van der Waals surface area contributed by atoms with E-state index in [2.05, 4.69) is 14.9 Å². The summed E-state index contributed by atoms with van der Waals surface area (Å²) in [7, 11) is -3.35. The van der Waals surface area contributed by atoms with Gasteiger partial charge in [0.15, 0.2) is 5.03 Å². The van der Waals surface area contributed by atoms with Gasteiger partial charge in [-0.3, -0.25) is 9.89 Å². The number of esters is 1. The topological polar surface area (TPSA) is 92.4 Å². The van der Waals surface area contributed by atoms with Gasteiger partial charge in [-0.1, -0.05) is 0 Å². The van der Waals surface area contributed by atoms with E-state index in [1.54, 1.807) is 0 Å². The van der Waals surface area contributed by atoms with Crippen LogP contribution < -0.4 is 0 Å². The lowest BCUT2D eigenvalue weighted by molar-refractivity contribution is -0.144. The highest BCUT2D eigenvalue weighted by molar-refractivity contribution is 7.89. The number of halogens is 3. The normalized spacial score (nSPS) is 12.7. The van der Waals surface area contributed by atoms with E-state index in [-0.39, 0.29) is 4.31 Å². The summed E-state index contributed by atoms with van der Waals surface area (Å²) in [5.74, 6) is -0.808. The molecule has 1 rings (SSSR count). The Morgan fingerprint density at radius 1 is 1.50 bits per heavy atom. The van der Waals surface area contributed by atoms with Gasteiger partial charge >= 0.3 is 12.1 Å². The molecule has 0 aromatic carbocycles. The third-order valence-electron chi connectivity index (χ3n) is 2.24. The lowest BCUT2D eigenvalue weighted by Crippen LogP contribution is -2.40. The average molecular weight is 315 g/mol. The average Bonchev–Trinajstić information content (AvgIpc) is 2.86. The second-order valence-electron chi connectivity index (χ2n) is 3.70. The fourth-order valence-electron chi connectivity index (χ4n) is 1.33. The Labute approximate surface area is 112 Å². The largest absolute Gasteiger partial charge is 0.469 e. The van der Waals surface area contributed by atoms with Gasteiger partial charge in [0.2, 0.25) is 0 Å². The molecule has 0 saturated carbocycles. The molecule has 0 radical (unpaired) electrons. The molecule has 0 aliphatic carbocycles. The van der Waals surface area contributed by atoms with Crippen LogP contribution in [0.25, 0.3) is 0 Å². The van der Waals surface area contributed by atoms with Gasteiger partial charge in [0.1, 0.15) is 6.54 Å². The van der Waals surface area contributed by atoms with Crippen molar-refractivity contribution in [3.8, 4) is 0 Å². The first kappa shape index (κ1) is 16.4. The fourth-order valence-corrected chi connectivity index (χ4v) is 2.66. The summed E-state index contributed by atoms with van der Waals surface area (Å²) in [5.41, 5.74) is 0. The first-order chi connectivity index (χ1) is 9.16. The molecule has 0 saturated heterocycles. The number of H-pyrrole nitrogens is 1. The summed E-state index contributed by atoms with van der Waals surface area (Å²) >= 11 is 0. The Hall–Kier alpha value is -1.62. The minimum atomic E-state index is -4.73. The summed E-state index contributed by atoms with van der Waals surface area (Å²) < 4.78 is 65.7. The maximum absolute atomic E-state index is 12.4. The minimum Gasteiger partial charge on any atom is -0.469 e. The molecule has 7 nitrogen and oxygen atoms in total. The van der Waals surface area contributed by atoms with Gasteiger partial charge < -0.3 is 4.74 Å². The first-order valence-electron chi connectivity index (χ1n) is 5.30. The number of methoxy groups -OCH3 is 1. The van der Waals surface area contributed by atoms with Crippen molar-refractivity contribution in [1.29, 1.82) is 0 Å². The van der Waals surface area contributed by atoms with E-state index in [1.165, 1.54) is 0 Å². The predicted molar refractivity (Wildman–Crippen MR) is 60.0 cm³/mol. The van der Waals surface area contributed by atoms with Gasteiger partial charge in [-0.25, -0.2) is 8.42 Å². The molecule has 1 N–H and O–H groups in total. The fraction of sp³-hybridized carbons (Fsp3) is 0.556. The lowest BCUT2D eigenvalue weighted by atomic mass is 10.4. The number of aromatic amines is 1. The molecule has 0 amide bonds.